The van der Waals surface area contributed by atoms with Gasteiger partial charge in [0, 0.05) is 29.4 Å². The first kappa shape index (κ1) is 19.9. The number of likely N-dealkylation sites (N-methyl/N-ethyl adjacent to an activating group) is 1. The van der Waals surface area contributed by atoms with Gasteiger partial charge in [0.1, 0.15) is 0 Å². The molecule has 0 spiro atoms. The maximum Gasteiger partial charge on any atom is 0.244 e. The summed E-state index contributed by atoms with van der Waals surface area (Å²) in [5, 5.41) is 7.96. The molecule has 1 amide bonds. The third-order valence-corrected chi connectivity index (χ3v) is 4.75. The molecule has 0 radical (unpaired) electrons. The number of para-hydroxylation sites is 1. The quantitative estimate of drug-likeness (QED) is 0.617. The van der Waals surface area contributed by atoms with E-state index in [1.807, 2.05) is 79.8 Å². The summed E-state index contributed by atoms with van der Waals surface area (Å²) in [5.41, 5.74) is 2.82. The van der Waals surface area contributed by atoms with E-state index in [1.165, 1.54) is 6.08 Å². The molecule has 3 rings (SSSR count). The van der Waals surface area contributed by atoms with Crippen LogP contribution in [-0.2, 0) is 4.79 Å². The molecule has 2 aromatic carbocycles. The Morgan fingerprint density at radius 3 is 2.61 bits per heavy atom. The number of hydrogen-bond acceptors (Lipinski definition) is 3. The predicted octanol–water partition coefficient (Wildman–Crippen LogP) is 3.96. The van der Waals surface area contributed by atoms with E-state index in [0.717, 1.165) is 16.8 Å². The Morgan fingerprint density at radius 1 is 1.18 bits per heavy atom. The van der Waals surface area contributed by atoms with Crippen molar-refractivity contribution >= 4 is 23.6 Å². The Bertz CT molecular complexity index is 950. The van der Waals surface area contributed by atoms with E-state index >= 15 is 0 Å². The van der Waals surface area contributed by atoms with Crippen LogP contribution in [0.1, 0.15) is 17.2 Å². The zero-order valence-corrected chi connectivity index (χ0v) is 16.7. The van der Waals surface area contributed by atoms with Gasteiger partial charge in [-0.1, -0.05) is 48.0 Å². The van der Waals surface area contributed by atoms with Crippen LogP contribution in [0.15, 0.2) is 73.1 Å². The van der Waals surface area contributed by atoms with Crippen molar-refractivity contribution in [2.75, 3.05) is 20.6 Å². The summed E-state index contributed by atoms with van der Waals surface area (Å²) in [7, 11) is 3.93. The van der Waals surface area contributed by atoms with Crippen LogP contribution in [0.2, 0.25) is 5.02 Å². The fourth-order valence-corrected chi connectivity index (χ4v) is 3.15. The van der Waals surface area contributed by atoms with Crippen LogP contribution in [-0.4, -0.2) is 41.2 Å². The fraction of sp³-hybridized carbons (Fsp3) is 0.182. The van der Waals surface area contributed by atoms with E-state index in [9.17, 15) is 4.79 Å². The molecule has 0 saturated heterocycles. The topological polar surface area (TPSA) is 50.2 Å². The molecule has 1 aromatic heterocycles. The monoisotopic (exact) mass is 394 g/mol. The molecule has 3 aromatic rings. The van der Waals surface area contributed by atoms with Gasteiger partial charge in [-0.2, -0.15) is 5.10 Å². The van der Waals surface area contributed by atoms with Crippen LogP contribution in [0.25, 0.3) is 11.8 Å². The number of halogens is 1. The number of nitrogens with zero attached hydrogens (tertiary/aromatic N) is 3. The summed E-state index contributed by atoms with van der Waals surface area (Å²) in [4.78, 5) is 14.3. The Balaban J connectivity index is 1.60. The van der Waals surface area contributed by atoms with Gasteiger partial charge in [-0.05, 0) is 43.9 Å². The molecule has 1 atom stereocenters. The molecular weight excluding hydrogens is 372 g/mol. The van der Waals surface area contributed by atoms with Gasteiger partial charge in [0.05, 0.1) is 17.9 Å². The average Bonchev–Trinajstić information content (AvgIpc) is 3.17. The maximum atomic E-state index is 12.3. The molecule has 0 aliphatic carbocycles. The van der Waals surface area contributed by atoms with E-state index in [1.54, 1.807) is 17.0 Å². The Labute approximate surface area is 170 Å². The lowest BCUT2D eigenvalue weighted by molar-refractivity contribution is -0.116. The van der Waals surface area contributed by atoms with E-state index in [0.29, 0.717) is 11.6 Å². The summed E-state index contributed by atoms with van der Waals surface area (Å²) in [5.74, 6) is -0.161. The minimum absolute atomic E-state index is 0.00752. The lowest BCUT2D eigenvalue weighted by Gasteiger charge is -2.25. The second kappa shape index (κ2) is 9.35. The molecule has 0 aliphatic rings. The van der Waals surface area contributed by atoms with Crippen LogP contribution >= 0.6 is 11.6 Å². The standard InChI is InChI=1S/C22H23ClN4O/c1-26(2)21(19-10-6-7-11-20(19)23)15-24-22(28)13-12-17-14-25-27(16-17)18-8-4-3-5-9-18/h3-14,16,21H,15H2,1-2H3,(H,24,28)/b13-12+. The molecule has 5 nitrogen and oxygen atoms in total. The van der Waals surface area contributed by atoms with Gasteiger partial charge in [0.2, 0.25) is 5.91 Å². The molecule has 28 heavy (non-hydrogen) atoms. The van der Waals surface area contributed by atoms with Crippen LogP contribution in [0.4, 0.5) is 0 Å². The van der Waals surface area contributed by atoms with Gasteiger partial charge in [0.25, 0.3) is 0 Å². The minimum Gasteiger partial charge on any atom is -0.351 e. The van der Waals surface area contributed by atoms with Gasteiger partial charge in [-0.25, -0.2) is 4.68 Å². The van der Waals surface area contributed by atoms with Crippen molar-refractivity contribution in [3.63, 3.8) is 0 Å². The highest BCUT2D eigenvalue weighted by atomic mass is 35.5. The normalized spacial score (nSPS) is 12.4. The van der Waals surface area contributed by atoms with Crippen molar-refractivity contribution in [2.45, 2.75) is 6.04 Å². The molecule has 1 heterocycles. The predicted molar refractivity (Wildman–Crippen MR) is 113 cm³/mol. The van der Waals surface area contributed by atoms with Crippen molar-refractivity contribution in [3.05, 3.63) is 89.2 Å². The second-order valence-corrected chi connectivity index (χ2v) is 7.04. The molecule has 0 aliphatic heterocycles. The second-order valence-electron chi connectivity index (χ2n) is 6.63. The smallest absolute Gasteiger partial charge is 0.244 e. The van der Waals surface area contributed by atoms with E-state index in [4.69, 9.17) is 11.6 Å². The zero-order valence-electron chi connectivity index (χ0n) is 15.9. The fourth-order valence-electron chi connectivity index (χ4n) is 2.89. The summed E-state index contributed by atoms with van der Waals surface area (Å²) >= 11 is 6.31. The van der Waals surface area contributed by atoms with Crippen molar-refractivity contribution in [1.29, 1.82) is 0 Å². The number of rotatable bonds is 7. The lowest BCUT2D eigenvalue weighted by Crippen LogP contribution is -2.33. The molecule has 1 unspecified atom stereocenters. The average molecular weight is 395 g/mol. The number of amides is 1. The van der Waals surface area contributed by atoms with Gasteiger partial charge < -0.3 is 10.2 Å². The first-order valence-corrected chi connectivity index (χ1v) is 9.39. The first-order chi connectivity index (χ1) is 13.5. The van der Waals surface area contributed by atoms with E-state index in [2.05, 4.69) is 10.4 Å². The maximum absolute atomic E-state index is 12.3. The summed E-state index contributed by atoms with van der Waals surface area (Å²) in [6.07, 6.45) is 6.88. The number of hydrogen-bond donors (Lipinski definition) is 1. The van der Waals surface area contributed by atoms with Gasteiger partial charge in [-0.15, -0.1) is 0 Å². The SMILES string of the molecule is CN(C)C(CNC(=O)/C=C/c1cnn(-c2ccccc2)c1)c1ccccc1Cl. The number of carbonyl (C=O) groups excluding carboxylic acids is 1. The first-order valence-electron chi connectivity index (χ1n) is 9.01. The molecule has 1 N–H and O–H groups in total. The van der Waals surface area contributed by atoms with Crippen LogP contribution in [0.5, 0.6) is 0 Å². The lowest BCUT2D eigenvalue weighted by atomic mass is 10.1. The summed E-state index contributed by atoms with van der Waals surface area (Å²) in [6.45, 7) is 0.461. The number of aromatic nitrogens is 2. The van der Waals surface area contributed by atoms with Crippen molar-refractivity contribution in [2.24, 2.45) is 0 Å². The van der Waals surface area contributed by atoms with E-state index in [-0.39, 0.29) is 11.9 Å². The summed E-state index contributed by atoms with van der Waals surface area (Å²) < 4.78 is 1.77. The number of carbonyl (C=O) groups is 1. The third-order valence-electron chi connectivity index (χ3n) is 4.41. The summed E-state index contributed by atoms with van der Waals surface area (Å²) in [6, 6.07) is 17.5. The molecule has 0 fully saturated rings. The van der Waals surface area contributed by atoms with Crippen molar-refractivity contribution < 1.29 is 4.79 Å². The highest BCUT2D eigenvalue weighted by molar-refractivity contribution is 6.31. The van der Waals surface area contributed by atoms with E-state index < -0.39 is 0 Å². The van der Waals surface area contributed by atoms with Crippen molar-refractivity contribution in [3.8, 4) is 5.69 Å². The van der Waals surface area contributed by atoms with Gasteiger partial charge in [-0.3, -0.25) is 4.79 Å². The van der Waals surface area contributed by atoms with Crippen molar-refractivity contribution in [1.82, 2.24) is 20.0 Å². The van der Waals surface area contributed by atoms with Gasteiger partial charge in [0.15, 0.2) is 0 Å². The highest BCUT2D eigenvalue weighted by Gasteiger charge is 2.17. The van der Waals surface area contributed by atoms with Crippen LogP contribution in [0.3, 0.4) is 0 Å². The Hall–Kier alpha value is -2.89. The Kier molecular flexibility index (Phi) is 6.63. The third kappa shape index (κ3) is 5.09. The Morgan fingerprint density at radius 2 is 1.89 bits per heavy atom. The number of benzene rings is 2. The zero-order chi connectivity index (χ0) is 19.9. The minimum atomic E-state index is -0.161. The molecule has 0 bridgehead atoms. The van der Waals surface area contributed by atoms with Gasteiger partial charge >= 0.3 is 0 Å². The van der Waals surface area contributed by atoms with Crippen LogP contribution in [0, 0.1) is 0 Å². The number of nitrogens with one attached hydrogen (secondary N) is 1. The van der Waals surface area contributed by atoms with Crippen LogP contribution < -0.4 is 5.32 Å². The molecule has 144 valence electrons. The highest BCUT2D eigenvalue weighted by Crippen LogP contribution is 2.25. The largest absolute Gasteiger partial charge is 0.351 e. The molecule has 0 saturated carbocycles. The molecule has 6 heteroatoms. The molecular formula is C22H23ClN4O.